The molecule has 2 rings (SSSR count). The van der Waals surface area contributed by atoms with Gasteiger partial charge in [0.25, 0.3) is 0 Å². The molecule has 0 bridgehead atoms. The van der Waals surface area contributed by atoms with E-state index in [-0.39, 0.29) is 11.7 Å². The molecule has 1 amide bonds. The summed E-state index contributed by atoms with van der Waals surface area (Å²) in [5.41, 5.74) is 2.09. The van der Waals surface area contributed by atoms with E-state index in [1.165, 1.54) is 0 Å². The lowest BCUT2D eigenvalue weighted by Gasteiger charge is -2.17. The Morgan fingerprint density at radius 1 is 1.20 bits per heavy atom. The van der Waals surface area contributed by atoms with E-state index in [0.29, 0.717) is 18.9 Å². The zero-order valence-corrected chi connectivity index (χ0v) is 16.8. The van der Waals surface area contributed by atoms with Gasteiger partial charge in [-0.1, -0.05) is 40.2 Å². The zero-order valence-electron chi connectivity index (χ0n) is 14.4. The number of hydrogen-bond donors (Lipinski definition) is 0. The van der Waals surface area contributed by atoms with E-state index in [1.807, 2.05) is 55.5 Å². The number of likely N-dealkylation sites (N-methyl/N-ethyl adjacent to an activating group) is 1. The number of rotatable bonds is 8. The highest BCUT2D eigenvalue weighted by atomic mass is 79.9. The molecule has 1 atom stereocenters. The van der Waals surface area contributed by atoms with Crippen molar-refractivity contribution in [1.82, 2.24) is 4.90 Å². The molecule has 0 fully saturated rings. The fraction of sp³-hybridized carbons (Fsp3) is 0.316. The largest absolute Gasteiger partial charge is 0.492 e. The number of amides is 1. The minimum atomic E-state index is -1.22. The summed E-state index contributed by atoms with van der Waals surface area (Å²) in [5, 5.41) is 0. The molecule has 0 aliphatic carbocycles. The average molecular weight is 424 g/mol. The number of carbonyl (C=O) groups excluding carboxylic acids is 1. The number of benzene rings is 2. The Bertz CT molecular complexity index is 734. The van der Waals surface area contributed by atoms with Crippen molar-refractivity contribution in [3.05, 3.63) is 64.1 Å². The number of nitrogens with zero attached hydrogens (tertiary/aromatic N) is 1. The summed E-state index contributed by atoms with van der Waals surface area (Å²) in [6, 6.07) is 15.4. The van der Waals surface area contributed by atoms with E-state index < -0.39 is 10.8 Å². The molecule has 0 saturated heterocycles. The SMILES string of the molecule is Cc1cccc(OCCN(C)C(=O)C[S@@](=O)Cc2ccc(Br)cc2)c1. The Balaban J connectivity index is 1.73. The average Bonchev–Trinajstić information content (AvgIpc) is 2.57. The van der Waals surface area contributed by atoms with Crippen LogP contribution in [0.2, 0.25) is 0 Å². The lowest BCUT2D eigenvalue weighted by atomic mass is 10.2. The topological polar surface area (TPSA) is 46.6 Å². The Hall–Kier alpha value is -1.66. The van der Waals surface area contributed by atoms with Crippen LogP contribution in [0.25, 0.3) is 0 Å². The van der Waals surface area contributed by atoms with E-state index in [2.05, 4.69) is 15.9 Å². The van der Waals surface area contributed by atoms with Crippen LogP contribution < -0.4 is 4.74 Å². The smallest absolute Gasteiger partial charge is 0.235 e. The summed E-state index contributed by atoms with van der Waals surface area (Å²) in [5.74, 6) is 1.06. The van der Waals surface area contributed by atoms with Gasteiger partial charge in [-0.15, -0.1) is 0 Å². The fourth-order valence-electron chi connectivity index (χ4n) is 2.20. The van der Waals surface area contributed by atoms with Crippen molar-refractivity contribution in [2.24, 2.45) is 0 Å². The van der Waals surface area contributed by atoms with Gasteiger partial charge in [-0.2, -0.15) is 0 Å². The van der Waals surface area contributed by atoms with Gasteiger partial charge in [-0.25, -0.2) is 0 Å². The Morgan fingerprint density at radius 2 is 1.92 bits per heavy atom. The van der Waals surface area contributed by atoms with E-state index in [9.17, 15) is 9.00 Å². The molecule has 0 spiro atoms. The molecular formula is C19H22BrNO3S. The van der Waals surface area contributed by atoms with Crippen molar-refractivity contribution >= 4 is 32.6 Å². The van der Waals surface area contributed by atoms with Crippen LogP contribution >= 0.6 is 15.9 Å². The molecule has 2 aromatic rings. The van der Waals surface area contributed by atoms with Gasteiger partial charge >= 0.3 is 0 Å². The molecular weight excluding hydrogens is 402 g/mol. The first-order chi connectivity index (χ1) is 11.9. The fourth-order valence-corrected chi connectivity index (χ4v) is 3.62. The summed E-state index contributed by atoms with van der Waals surface area (Å²) in [7, 11) is 0.487. The van der Waals surface area contributed by atoms with Crippen molar-refractivity contribution < 1.29 is 13.7 Å². The number of hydrogen-bond acceptors (Lipinski definition) is 3. The summed E-state index contributed by atoms with van der Waals surface area (Å²) in [6.45, 7) is 2.87. The van der Waals surface area contributed by atoms with Crippen LogP contribution in [0.1, 0.15) is 11.1 Å². The molecule has 0 aliphatic heterocycles. The van der Waals surface area contributed by atoms with Crippen molar-refractivity contribution in [2.45, 2.75) is 12.7 Å². The van der Waals surface area contributed by atoms with Gasteiger partial charge in [0.05, 0.1) is 6.54 Å². The van der Waals surface area contributed by atoms with Crippen molar-refractivity contribution in [2.75, 3.05) is 26.0 Å². The maximum absolute atomic E-state index is 12.2. The molecule has 0 saturated carbocycles. The third-order valence-electron chi connectivity index (χ3n) is 3.64. The van der Waals surface area contributed by atoms with Crippen LogP contribution in [0, 0.1) is 6.92 Å². The minimum absolute atomic E-state index is 0.0248. The van der Waals surface area contributed by atoms with Crippen molar-refractivity contribution in [3.63, 3.8) is 0 Å². The van der Waals surface area contributed by atoms with Crippen molar-refractivity contribution in [3.8, 4) is 5.75 Å². The van der Waals surface area contributed by atoms with Gasteiger partial charge in [0.2, 0.25) is 5.91 Å². The first-order valence-electron chi connectivity index (χ1n) is 7.97. The van der Waals surface area contributed by atoms with Crippen LogP contribution in [0.5, 0.6) is 5.75 Å². The summed E-state index contributed by atoms with van der Waals surface area (Å²) in [6.07, 6.45) is 0. The maximum atomic E-state index is 12.2. The van der Waals surface area contributed by atoms with Crippen LogP contribution in [-0.4, -0.2) is 41.0 Å². The lowest BCUT2D eigenvalue weighted by Crippen LogP contribution is -2.34. The molecule has 4 nitrogen and oxygen atoms in total. The maximum Gasteiger partial charge on any atom is 0.235 e. The summed E-state index contributed by atoms with van der Waals surface area (Å²) >= 11 is 3.37. The monoisotopic (exact) mass is 423 g/mol. The highest BCUT2D eigenvalue weighted by molar-refractivity contribution is 9.10. The Morgan fingerprint density at radius 3 is 2.60 bits per heavy atom. The standard InChI is InChI=1S/C19H22BrNO3S/c1-15-4-3-5-18(12-15)24-11-10-21(2)19(22)14-25(23)13-16-6-8-17(20)9-7-16/h3-9,12H,10-11,13-14H2,1-2H3/t25-/m0/s1. The first-order valence-corrected chi connectivity index (χ1v) is 10.2. The van der Waals surface area contributed by atoms with Crippen LogP contribution in [0.15, 0.2) is 53.0 Å². The molecule has 0 radical (unpaired) electrons. The Kier molecular flexibility index (Phi) is 7.65. The van der Waals surface area contributed by atoms with Crippen molar-refractivity contribution in [1.29, 1.82) is 0 Å². The van der Waals surface area contributed by atoms with E-state index in [1.54, 1.807) is 11.9 Å². The Labute approximate surface area is 159 Å². The van der Waals surface area contributed by atoms with Crippen LogP contribution in [0.3, 0.4) is 0 Å². The van der Waals surface area contributed by atoms with E-state index in [0.717, 1.165) is 21.3 Å². The van der Waals surface area contributed by atoms with Gasteiger partial charge < -0.3 is 9.64 Å². The lowest BCUT2D eigenvalue weighted by molar-refractivity contribution is -0.127. The molecule has 6 heteroatoms. The summed E-state index contributed by atoms with van der Waals surface area (Å²) in [4.78, 5) is 13.7. The minimum Gasteiger partial charge on any atom is -0.492 e. The number of carbonyl (C=O) groups is 1. The third kappa shape index (κ3) is 7.00. The van der Waals surface area contributed by atoms with Gasteiger partial charge in [0.15, 0.2) is 0 Å². The molecule has 0 unspecified atom stereocenters. The van der Waals surface area contributed by atoms with Gasteiger partial charge in [-0.05, 0) is 42.3 Å². The van der Waals surface area contributed by atoms with Crippen LogP contribution in [-0.2, 0) is 21.3 Å². The number of halogens is 1. The molecule has 25 heavy (non-hydrogen) atoms. The highest BCUT2D eigenvalue weighted by Gasteiger charge is 2.13. The second-order valence-electron chi connectivity index (χ2n) is 5.84. The van der Waals surface area contributed by atoms with Gasteiger partial charge in [0, 0.05) is 28.1 Å². The van der Waals surface area contributed by atoms with E-state index >= 15 is 0 Å². The normalized spacial score (nSPS) is 11.8. The third-order valence-corrected chi connectivity index (χ3v) is 5.39. The molecule has 2 aromatic carbocycles. The number of ether oxygens (including phenoxy) is 1. The van der Waals surface area contributed by atoms with Crippen LogP contribution in [0.4, 0.5) is 0 Å². The molecule has 0 aromatic heterocycles. The predicted molar refractivity (Wildman–Crippen MR) is 105 cm³/mol. The predicted octanol–water partition coefficient (Wildman–Crippen LogP) is 3.54. The number of aryl methyl sites for hydroxylation is 1. The van der Waals surface area contributed by atoms with Gasteiger partial charge in [-0.3, -0.25) is 9.00 Å². The molecule has 0 aliphatic rings. The van der Waals surface area contributed by atoms with E-state index in [4.69, 9.17) is 4.74 Å². The quantitative estimate of drug-likeness (QED) is 0.651. The first kappa shape index (κ1) is 19.7. The molecule has 134 valence electrons. The molecule has 0 N–H and O–H groups in total. The zero-order chi connectivity index (χ0) is 18.2. The van der Waals surface area contributed by atoms with Gasteiger partial charge in [0.1, 0.15) is 18.1 Å². The second kappa shape index (κ2) is 9.73. The highest BCUT2D eigenvalue weighted by Crippen LogP contribution is 2.13. The molecule has 0 heterocycles. The summed E-state index contributed by atoms with van der Waals surface area (Å²) < 4.78 is 18.8. The second-order valence-corrected chi connectivity index (χ2v) is 8.21.